The van der Waals surface area contributed by atoms with Crippen molar-refractivity contribution < 1.29 is 19.2 Å². The highest BCUT2D eigenvalue weighted by Crippen LogP contribution is 2.29. The molecule has 0 atom stereocenters. The third kappa shape index (κ3) is 5.01. The zero-order chi connectivity index (χ0) is 18.4. The van der Waals surface area contributed by atoms with Crippen LogP contribution in [0.5, 0.6) is 5.75 Å². The molecule has 0 spiro atoms. The number of nitrogens with zero attached hydrogens (tertiary/aromatic N) is 1. The standard InChI is InChI=1S/C16H17N3O5S/c1-3-17-15(20)9-24-12-6-4-5-11(7-12)18-16(21)14-8-13(19(22)23)10(2)25-14/h4-8H,3,9H2,1-2H3,(H,17,20)(H,18,21). The molecule has 2 rings (SSSR count). The Bertz CT molecular complexity index is 803. The average Bonchev–Trinajstić information content (AvgIpc) is 2.96. The van der Waals surface area contributed by atoms with Gasteiger partial charge in [0.1, 0.15) is 5.75 Å². The Morgan fingerprint density at radius 1 is 1.32 bits per heavy atom. The van der Waals surface area contributed by atoms with E-state index < -0.39 is 10.8 Å². The number of amides is 2. The van der Waals surface area contributed by atoms with Crippen molar-refractivity contribution in [2.45, 2.75) is 13.8 Å². The van der Waals surface area contributed by atoms with Gasteiger partial charge in [-0.25, -0.2) is 0 Å². The van der Waals surface area contributed by atoms with Gasteiger partial charge in [0.2, 0.25) is 0 Å². The summed E-state index contributed by atoms with van der Waals surface area (Å²) in [6, 6.07) is 7.82. The highest BCUT2D eigenvalue weighted by atomic mass is 32.1. The Hall–Kier alpha value is -2.94. The lowest BCUT2D eigenvalue weighted by molar-refractivity contribution is -0.385. The quantitative estimate of drug-likeness (QED) is 0.580. The van der Waals surface area contributed by atoms with Gasteiger partial charge < -0.3 is 15.4 Å². The Kier molecular flexibility index (Phi) is 6.07. The zero-order valence-electron chi connectivity index (χ0n) is 13.7. The van der Waals surface area contributed by atoms with Crippen LogP contribution in [-0.2, 0) is 4.79 Å². The molecule has 0 aliphatic rings. The lowest BCUT2D eigenvalue weighted by atomic mass is 10.3. The number of carbonyl (C=O) groups is 2. The van der Waals surface area contributed by atoms with E-state index in [1.54, 1.807) is 31.2 Å². The van der Waals surface area contributed by atoms with Crippen molar-refractivity contribution in [2.24, 2.45) is 0 Å². The third-order valence-electron chi connectivity index (χ3n) is 3.15. The van der Waals surface area contributed by atoms with E-state index in [-0.39, 0.29) is 23.1 Å². The predicted molar refractivity (Wildman–Crippen MR) is 94.3 cm³/mol. The van der Waals surface area contributed by atoms with Crippen molar-refractivity contribution in [1.82, 2.24) is 5.32 Å². The smallest absolute Gasteiger partial charge is 0.283 e. The maximum absolute atomic E-state index is 12.2. The highest BCUT2D eigenvalue weighted by Gasteiger charge is 2.19. The van der Waals surface area contributed by atoms with Gasteiger partial charge in [-0.3, -0.25) is 19.7 Å². The van der Waals surface area contributed by atoms with E-state index in [1.807, 2.05) is 6.92 Å². The van der Waals surface area contributed by atoms with Crippen LogP contribution in [0.15, 0.2) is 30.3 Å². The van der Waals surface area contributed by atoms with Gasteiger partial charge in [0.05, 0.1) is 14.7 Å². The third-order valence-corrected chi connectivity index (χ3v) is 4.19. The molecule has 0 radical (unpaired) electrons. The van der Waals surface area contributed by atoms with Crippen LogP contribution in [0.2, 0.25) is 0 Å². The fraction of sp³-hybridized carbons (Fsp3) is 0.250. The molecule has 1 heterocycles. The number of anilines is 1. The number of thiophene rings is 1. The molecule has 0 aliphatic carbocycles. The number of benzene rings is 1. The largest absolute Gasteiger partial charge is 0.484 e. The number of carbonyl (C=O) groups excluding carboxylic acids is 2. The molecule has 1 aromatic carbocycles. The second-order valence-electron chi connectivity index (χ2n) is 5.03. The molecule has 0 saturated carbocycles. The van der Waals surface area contributed by atoms with Crippen LogP contribution in [0.25, 0.3) is 0 Å². The summed E-state index contributed by atoms with van der Waals surface area (Å²) in [7, 11) is 0. The number of hydrogen-bond donors (Lipinski definition) is 2. The lowest BCUT2D eigenvalue weighted by Gasteiger charge is -2.08. The molecule has 0 fully saturated rings. The summed E-state index contributed by atoms with van der Waals surface area (Å²) in [5.41, 5.74) is 0.390. The Labute approximate surface area is 148 Å². The minimum Gasteiger partial charge on any atom is -0.484 e. The van der Waals surface area contributed by atoms with E-state index in [4.69, 9.17) is 4.74 Å². The van der Waals surface area contributed by atoms with E-state index in [2.05, 4.69) is 10.6 Å². The number of nitro groups is 1. The van der Waals surface area contributed by atoms with Crippen LogP contribution in [0.1, 0.15) is 21.5 Å². The molecule has 0 saturated heterocycles. The monoisotopic (exact) mass is 363 g/mol. The number of likely N-dealkylation sites (N-methyl/N-ethyl adjacent to an activating group) is 1. The fourth-order valence-electron chi connectivity index (χ4n) is 2.02. The Morgan fingerprint density at radius 3 is 2.72 bits per heavy atom. The SMILES string of the molecule is CCNC(=O)COc1cccc(NC(=O)c2cc([N+](=O)[O-])c(C)s2)c1. The topological polar surface area (TPSA) is 111 Å². The highest BCUT2D eigenvalue weighted by molar-refractivity contribution is 7.14. The van der Waals surface area contributed by atoms with E-state index >= 15 is 0 Å². The van der Waals surface area contributed by atoms with Crippen LogP contribution in [0, 0.1) is 17.0 Å². The molecule has 2 N–H and O–H groups in total. The van der Waals surface area contributed by atoms with Gasteiger partial charge in [0.25, 0.3) is 17.5 Å². The maximum Gasteiger partial charge on any atom is 0.283 e. The van der Waals surface area contributed by atoms with Gasteiger partial charge in [-0.15, -0.1) is 11.3 Å². The molecule has 2 aromatic rings. The number of ether oxygens (including phenoxy) is 1. The average molecular weight is 363 g/mol. The number of nitrogens with one attached hydrogen (secondary N) is 2. The molecule has 9 heteroatoms. The van der Waals surface area contributed by atoms with Crippen molar-refractivity contribution in [3.63, 3.8) is 0 Å². The van der Waals surface area contributed by atoms with Gasteiger partial charge in [-0.05, 0) is 26.0 Å². The molecule has 2 amide bonds. The van der Waals surface area contributed by atoms with Gasteiger partial charge in [0.15, 0.2) is 6.61 Å². The van der Waals surface area contributed by atoms with Crippen molar-refractivity contribution in [3.05, 3.63) is 50.2 Å². The van der Waals surface area contributed by atoms with Crippen LogP contribution >= 0.6 is 11.3 Å². The first kappa shape index (κ1) is 18.4. The van der Waals surface area contributed by atoms with E-state index in [0.29, 0.717) is 22.9 Å². The van der Waals surface area contributed by atoms with Crippen molar-refractivity contribution in [2.75, 3.05) is 18.5 Å². The summed E-state index contributed by atoms with van der Waals surface area (Å²) in [6.45, 7) is 3.80. The fourth-order valence-corrected chi connectivity index (χ4v) is 2.90. The number of rotatable bonds is 7. The molecule has 1 aromatic heterocycles. The first-order chi connectivity index (χ1) is 11.9. The predicted octanol–water partition coefficient (Wildman–Crippen LogP) is 2.73. The number of hydrogen-bond acceptors (Lipinski definition) is 6. The van der Waals surface area contributed by atoms with E-state index in [9.17, 15) is 19.7 Å². The second-order valence-corrected chi connectivity index (χ2v) is 6.29. The first-order valence-corrected chi connectivity index (χ1v) is 8.28. The molecule has 0 aliphatic heterocycles. The molecular formula is C16H17N3O5S. The summed E-state index contributed by atoms with van der Waals surface area (Å²) in [4.78, 5) is 34.7. The summed E-state index contributed by atoms with van der Waals surface area (Å²) in [5.74, 6) is -0.252. The lowest BCUT2D eigenvalue weighted by Crippen LogP contribution is -2.28. The van der Waals surface area contributed by atoms with E-state index in [1.165, 1.54) is 6.07 Å². The van der Waals surface area contributed by atoms with Crippen LogP contribution < -0.4 is 15.4 Å². The molecule has 8 nitrogen and oxygen atoms in total. The van der Waals surface area contributed by atoms with Crippen molar-refractivity contribution >= 4 is 34.5 Å². The van der Waals surface area contributed by atoms with Crippen LogP contribution in [0.3, 0.4) is 0 Å². The van der Waals surface area contributed by atoms with Crippen molar-refractivity contribution in [3.8, 4) is 5.75 Å². The van der Waals surface area contributed by atoms with E-state index in [0.717, 1.165) is 11.3 Å². The summed E-state index contributed by atoms with van der Waals surface area (Å²) in [5, 5.41) is 16.1. The zero-order valence-corrected chi connectivity index (χ0v) is 14.5. The normalized spacial score (nSPS) is 10.2. The van der Waals surface area contributed by atoms with Gasteiger partial charge in [0, 0.05) is 24.4 Å². The number of aryl methyl sites for hydroxylation is 1. The Balaban J connectivity index is 2.03. The van der Waals surface area contributed by atoms with Crippen LogP contribution in [-0.4, -0.2) is 29.9 Å². The molecule has 25 heavy (non-hydrogen) atoms. The van der Waals surface area contributed by atoms with Gasteiger partial charge in [-0.1, -0.05) is 6.07 Å². The first-order valence-electron chi connectivity index (χ1n) is 7.46. The minimum atomic E-state index is -0.515. The second kappa shape index (κ2) is 8.25. The molecule has 0 unspecified atom stereocenters. The van der Waals surface area contributed by atoms with Gasteiger partial charge in [-0.2, -0.15) is 0 Å². The minimum absolute atomic E-state index is 0.0748. The summed E-state index contributed by atoms with van der Waals surface area (Å²) in [6.07, 6.45) is 0. The van der Waals surface area contributed by atoms with Crippen LogP contribution in [0.4, 0.5) is 11.4 Å². The maximum atomic E-state index is 12.2. The summed E-state index contributed by atoms with van der Waals surface area (Å²) < 4.78 is 5.35. The molecule has 0 bridgehead atoms. The molecule has 132 valence electrons. The van der Waals surface area contributed by atoms with Gasteiger partial charge >= 0.3 is 0 Å². The van der Waals surface area contributed by atoms with Crippen molar-refractivity contribution in [1.29, 1.82) is 0 Å². The molecular weight excluding hydrogens is 346 g/mol. The Morgan fingerprint density at radius 2 is 2.08 bits per heavy atom. The summed E-state index contributed by atoms with van der Waals surface area (Å²) >= 11 is 1.06.